The van der Waals surface area contributed by atoms with E-state index in [2.05, 4.69) is 10.2 Å². The van der Waals surface area contributed by atoms with Gasteiger partial charge in [0, 0.05) is 10.7 Å². The van der Waals surface area contributed by atoms with Gasteiger partial charge in [-0.1, -0.05) is 23.7 Å². The maximum Gasteiger partial charge on any atom is 0.279 e. The number of piperazine rings is 1. The summed E-state index contributed by atoms with van der Waals surface area (Å²) in [5.41, 5.74) is 1.90. The van der Waals surface area contributed by atoms with Crippen molar-refractivity contribution in [3.8, 4) is 5.75 Å². The number of quaternary nitrogens is 1. The zero-order valence-corrected chi connectivity index (χ0v) is 15.1. The molecule has 6 heteroatoms. The highest BCUT2D eigenvalue weighted by atomic mass is 35.5. The summed E-state index contributed by atoms with van der Waals surface area (Å²) in [5.74, 6) is 0.692. The molecule has 2 N–H and O–H groups in total. The van der Waals surface area contributed by atoms with Crippen molar-refractivity contribution in [2.75, 3.05) is 50.1 Å². The summed E-state index contributed by atoms with van der Waals surface area (Å²) in [5, 5.41) is 3.70. The molecule has 0 atom stereocenters. The quantitative estimate of drug-likeness (QED) is 0.853. The Bertz CT molecular complexity index is 713. The average Bonchev–Trinajstić information content (AvgIpc) is 2.63. The van der Waals surface area contributed by atoms with E-state index in [4.69, 9.17) is 16.3 Å². The second kappa shape index (κ2) is 8.23. The normalized spacial score (nSPS) is 15.0. The first-order chi connectivity index (χ1) is 12.2. The molecule has 25 heavy (non-hydrogen) atoms. The second-order valence-electron chi connectivity index (χ2n) is 6.14. The van der Waals surface area contributed by atoms with E-state index in [-0.39, 0.29) is 5.91 Å². The fourth-order valence-corrected chi connectivity index (χ4v) is 3.21. The number of carbonyl (C=O) groups excluding carboxylic acids is 1. The van der Waals surface area contributed by atoms with Crippen molar-refractivity contribution in [1.29, 1.82) is 0 Å². The third-order valence-corrected chi connectivity index (χ3v) is 4.71. The minimum absolute atomic E-state index is 0.0134. The van der Waals surface area contributed by atoms with Crippen LogP contribution in [0.5, 0.6) is 5.75 Å². The van der Waals surface area contributed by atoms with Gasteiger partial charge >= 0.3 is 0 Å². The lowest BCUT2D eigenvalue weighted by atomic mass is 10.2. The molecule has 2 aromatic rings. The number of para-hydroxylation sites is 2. The fraction of sp³-hybridized carbons (Fsp3) is 0.316. The molecule has 1 aliphatic rings. The Kier molecular flexibility index (Phi) is 5.79. The Balaban J connectivity index is 1.50. The molecule has 0 aromatic heterocycles. The Morgan fingerprint density at radius 2 is 1.84 bits per heavy atom. The highest BCUT2D eigenvalue weighted by molar-refractivity contribution is 6.30. The van der Waals surface area contributed by atoms with Gasteiger partial charge in [0.25, 0.3) is 5.91 Å². The lowest BCUT2D eigenvalue weighted by Crippen LogP contribution is -3.15. The van der Waals surface area contributed by atoms with E-state index in [1.165, 1.54) is 10.6 Å². The number of rotatable bonds is 5. The number of hydrogen-bond donors (Lipinski definition) is 2. The summed E-state index contributed by atoms with van der Waals surface area (Å²) in [7, 11) is 1.60. The molecular formula is C19H23ClN3O2+. The fourth-order valence-electron chi connectivity index (χ4n) is 3.08. The molecule has 5 nitrogen and oxygen atoms in total. The van der Waals surface area contributed by atoms with Gasteiger partial charge in [-0.2, -0.15) is 0 Å². The molecule has 2 aromatic carbocycles. The van der Waals surface area contributed by atoms with E-state index in [0.717, 1.165) is 31.2 Å². The number of nitrogens with zero attached hydrogens (tertiary/aromatic N) is 1. The molecule has 132 valence electrons. The number of ether oxygens (including phenoxy) is 1. The maximum atomic E-state index is 12.3. The van der Waals surface area contributed by atoms with Gasteiger partial charge in [0.15, 0.2) is 6.54 Å². The van der Waals surface area contributed by atoms with Crippen LogP contribution in [0.3, 0.4) is 0 Å². The van der Waals surface area contributed by atoms with E-state index in [1.54, 1.807) is 7.11 Å². The summed E-state index contributed by atoms with van der Waals surface area (Å²) < 4.78 is 5.27. The van der Waals surface area contributed by atoms with Crippen LogP contribution in [-0.2, 0) is 4.79 Å². The molecule has 0 aliphatic carbocycles. The van der Waals surface area contributed by atoms with Crippen molar-refractivity contribution in [3.05, 3.63) is 53.6 Å². The Labute approximate surface area is 153 Å². The van der Waals surface area contributed by atoms with E-state index < -0.39 is 0 Å². The van der Waals surface area contributed by atoms with Gasteiger partial charge in [-0.05, 0) is 36.4 Å². The molecule has 1 amide bonds. The van der Waals surface area contributed by atoms with Crippen molar-refractivity contribution >= 4 is 28.9 Å². The van der Waals surface area contributed by atoms with Gasteiger partial charge in [0.2, 0.25) is 0 Å². The first kappa shape index (κ1) is 17.6. The van der Waals surface area contributed by atoms with E-state index in [9.17, 15) is 4.79 Å². The molecule has 1 saturated heterocycles. The van der Waals surface area contributed by atoms with Gasteiger partial charge in [-0.15, -0.1) is 0 Å². The first-order valence-electron chi connectivity index (χ1n) is 8.42. The number of methoxy groups -OCH3 is 1. The smallest absolute Gasteiger partial charge is 0.279 e. The molecule has 1 aliphatic heterocycles. The van der Waals surface area contributed by atoms with Gasteiger partial charge in [-0.25, -0.2) is 0 Å². The highest BCUT2D eigenvalue weighted by Gasteiger charge is 2.22. The molecule has 0 radical (unpaired) electrons. The van der Waals surface area contributed by atoms with Gasteiger partial charge in [0.05, 0.1) is 39.0 Å². The predicted octanol–water partition coefficient (Wildman–Crippen LogP) is 1.69. The number of halogens is 1. The second-order valence-corrected chi connectivity index (χ2v) is 6.58. The number of carbonyl (C=O) groups is 1. The topological polar surface area (TPSA) is 46.0 Å². The molecule has 1 fully saturated rings. The number of hydrogen-bond acceptors (Lipinski definition) is 3. The minimum atomic E-state index is 0.0134. The van der Waals surface area contributed by atoms with Crippen molar-refractivity contribution < 1.29 is 14.4 Å². The minimum Gasteiger partial charge on any atom is -0.495 e. The lowest BCUT2D eigenvalue weighted by Gasteiger charge is -2.33. The third kappa shape index (κ3) is 4.65. The molecule has 0 bridgehead atoms. The molecule has 0 unspecified atom stereocenters. The average molecular weight is 361 g/mol. The first-order valence-corrected chi connectivity index (χ1v) is 8.80. The SMILES string of the molecule is COc1ccccc1NC(=O)C[NH+]1CCN(c2ccc(Cl)cc2)CC1. The highest BCUT2D eigenvalue weighted by Crippen LogP contribution is 2.22. The van der Waals surface area contributed by atoms with Crippen LogP contribution in [0.1, 0.15) is 0 Å². The summed E-state index contributed by atoms with van der Waals surface area (Å²) in [4.78, 5) is 15.9. The van der Waals surface area contributed by atoms with Crippen molar-refractivity contribution in [2.24, 2.45) is 0 Å². The van der Waals surface area contributed by atoms with Crippen LogP contribution in [0.4, 0.5) is 11.4 Å². The monoisotopic (exact) mass is 360 g/mol. The molecular weight excluding hydrogens is 338 g/mol. The van der Waals surface area contributed by atoms with E-state index in [0.29, 0.717) is 18.0 Å². The summed E-state index contributed by atoms with van der Waals surface area (Å²) in [6, 6.07) is 15.4. The van der Waals surface area contributed by atoms with Crippen LogP contribution in [0.2, 0.25) is 5.02 Å². The van der Waals surface area contributed by atoms with E-state index >= 15 is 0 Å². The summed E-state index contributed by atoms with van der Waals surface area (Å²) in [6.07, 6.45) is 0. The van der Waals surface area contributed by atoms with Crippen molar-refractivity contribution in [2.45, 2.75) is 0 Å². The zero-order chi connectivity index (χ0) is 17.6. The number of benzene rings is 2. The Morgan fingerprint density at radius 1 is 1.16 bits per heavy atom. The number of amides is 1. The number of nitrogens with one attached hydrogen (secondary N) is 2. The van der Waals surface area contributed by atoms with Gasteiger partial charge in [0.1, 0.15) is 5.75 Å². The van der Waals surface area contributed by atoms with Crippen LogP contribution < -0.4 is 19.9 Å². The largest absolute Gasteiger partial charge is 0.495 e. The maximum absolute atomic E-state index is 12.3. The van der Waals surface area contributed by atoms with Crippen LogP contribution in [0.15, 0.2) is 48.5 Å². The molecule has 0 saturated carbocycles. The van der Waals surface area contributed by atoms with Gasteiger partial charge in [-0.3, -0.25) is 4.79 Å². The molecule has 3 rings (SSSR count). The lowest BCUT2D eigenvalue weighted by molar-refractivity contribution is -0.892. The predicted molar refractivity (Wildman–Crippen MR) is 101 cm³/mol. The molecule has 1 heterocycles. The molecule has 0 spiro atoms. The van der Waals surface area contributed by atoms with Crippen LogP contribution in [-0.4, -0.2) is 45.7 Å². The Hall–Kier alpha value is -2.24. The van der Waals surface area contributed by atoms with Crippen molar-refractivity contribution in [3.63, 3.8) is 0 Å². The Morgan fingerprint density at radius 3 is 2.52 bits per heavy atom. The van der Waals surface area contributed by atoms with Crippen LogP contribution in [0, 0.1) is 0 Å². The third-order valence-electron chi connectivity index (χ3n) is 4.45. The van der Waals surface area contributed by atoms with E-state index in [1.807, 2.05) is 48.5 Å². The van der Waals surface area contributed by atoms with Crippen LogP contribution in [0.25, 0.3) is 0 Å². The van der Waals surface area contributed by atoms with Crippen molar-refractivity contribution in [1.82, 2.24) is 0 Å². The zero-order valence-electron chi connectivity index (χ0n) is 14.3. The van der Waals surface area contributed by atoms with Gasteiger partial charge < -0.3 is 19.9 Å². The summed E-state index contributed by atoms with van der Waals surface area (Å²) in [6.45, 7) is 4.19. The standard InChI is InChI=1S/C19H22ClN3O2/c1-25-18-5-3-2-4-17(18)21-19(24)14-22-10-12-23(13-11-22)16-8-6-15(20)7-9-16/h2-9H,10-14H2,1H3,(H,21,24)/p+1. The summed E-state index contributed by atoms with van der Waals surface area (Å²) >= 11 is 5.94. The van der Waals surface area contributed by atoms with Crippen LogP contribution >= 0.6 is 11.6 Å². The number of anilines is 2.